The molecule has 3 aromatic rings. The highest BCUT2D eigenvalue weighted by molar-refractivity contribution is 6.30. The number of rotatable bonds is 9. The van der Waals surface area contributed by atoms with Crippen LogP contribution in [0.1, 0.15) is 16.2 Å². The summed E-state index contributed by atoms with van der Waals surface area (Å²) in [6.07, 6.45) is 0.317. The average molecular weight is 431 g/mol. The number of halogens is 1. The second-order valence-electron chi connectivity index (χ2n) is 6.36. The number of ether oxygens (including phenoxy) is 1. The Morgan fingerprint density at radius 3 is 2.77 bits per heavy atom. The van der Waals surface area contributed by atoms with Crippen molar-refractivity contribution in [3.63, 3.8) is 0 Å². The second kappa shape index (κ2) is 9.95. The molecule has 0 radical (unpaired) electrons. The molecule has 156 valence electrons. The van der Waals surface area contributed by atoms with Crippen LogP contribution in [0.2, 0.25) is 5.02 Å². The van der Waals surface area contributed by atoms with Crippen LogP contribution in [0.3, 0.4) is 0 Å². The highest BCUT2D eigenvalue weighted by Gasteiger charge is 2.19. The lowest BCUT2D eigenvalue weighted by molar-refractivity contribution is -0.384. The molecule has 0 spiro atoms. The third-order valence-corrected chi connectivity index (χ3v) is 4.54. The van der Waals surface area contributed by atoms with Gasteiger partial charge in [0.05, 0.1) is 11.5 Å². The van der Waals surface area contributed by atoms with E-state index in [0.717, 1.165) is 5.56 Å². The fourth-order valence-electron chi connectivity index (χ4n) is 2.78. The maximum Gasteiger partial charge on any atom is 0.270 e. The molecule has 0 atom stereocenters. The smallest absolute Gasteiger partial charge is 0.270 e. The molecular weight excluding hydrogens is 412 g/mol. The molecule has 0 aliphatic heterocycles. The third kappa shape index (κ3) is 5.40. The maximum absolute atomic E-state index is 12.9. The molecule has 1 amide bonds. The van der Waals surface area contributed by atoms with Crippen molar-refractivity contribution >= 4 is 23.2 Å². The van der Waals surface area contributed by atoms with Crippen LogP contribution in [0.15, 0.2) is 53.1 Å². The van der Waals surface area contributed by atoms with Gasteiger partial charge >= 0.3 is 0 Å². The average Bonchev–Trinajstić information content (AvgIpc) is 3.22. The molecule has 3 rings (SSSR count). The summed E-state index contributed by atoms with van der Waals surface area (Å²) in [7, 11) is 1.53. The Labute approximate surface area is 177 Å². The van der Waals surface area contributed by atoms with Crippen LogP contribution < -0.4 is 0 Å². The number of nitro benzene ring substituents is 1. The van der Waals surface area contributed by atoms with Gasteiger partial charge in [-0.25, -0.2) is 0 Å². The molecule has 0 bridgehead atoms. The summed E-state index contributed by atoms with van der Waals surface area (Å²) in [6, 6.07) is 12.7. The van der Waals surface area contributed by atoms with Crippen LogP contribution in [-0.2, 0) is 11.2 Å². The van der Waals surface area contributed by atoms with Crippen molar-refractivity contribution in [3.8, 4) is 11.4 Å². The Balaban J connectivity index is 1.72. The number of carbonyl (C=O) groups excluding carboxylic acids is 1. The Hall–Kier alpha value is -3.30. The van der Waals surface area contributed by atoms with Crippen LogP contribution >= 0.6 is 11.6 Å². The van der Waals surface area contributed by atoms with Crippen LogP contribution in [-0.4, -0.2) is 52.7 Å². The van der Waals surface area contributed by atoms with Gasteiger partial charge in [0.1, 0.15) is 0 Å². The predicted molar refractivity (Wildman–Crippen MR) is 109 cm³/mol. The third-order valence-electron chi connectivity index (χ3n) is 4.30. The summed E-state index contributed by atoms with van der Waals surface area (Å²) in [5.41, 5.74) is 0.808. The highest BCUT2D eigenvalue weighted by Crippen LogP contribution is 2.20. The molecule has 2 aromatic carbocycles. The molecule has 0 unspecified atom stereocenters. The van der Waals surface area contributed by atoms with Gasteiger partial charge in [-0.1, -0.05) is 35.0 Å². The molecule has 1 heterocycles. The first-order valence-corrected chi connectivity index (χ1v) is 9.47. The van der Waals surface area contributed by atoms with E-state index in [1.54, 1.807) is 24.3 Å². The standard InChI is InChI=1S/C20H19ClN4O5/c1-29-11-10-24(20(26)15-5-3-7-17(13-15)25(27)28)9-8-18-22-19(23-30-18)14-4-2-6-16(21)12-14/h2-7,12-13H,8-11H2,1H3. The SMILES string of the molecule is COCCN(CCc1nc(-c2cccc(Cl)c2)no1)C(=O)c1cccc([N+](=O)[O-])c1. The van der Waals surface area contributed by atoms with Gasteiger partial charge in [0.25, 0.3) is 11.6 Å². The Kier molecular flexibility index (Phi) is 7.10. The van der Waals surface area contributed by atoms with Crippen molar-refractivity contribution in [3.05, 3.63) is 75.1 Å². The second-order valence-corrected chi connectivity index (χ2v) is 6.80. The number of nitro groups is 1. The van der Waals surface area contributed by atoms with Crippen LogP contribution in [0.5, 0.6) is 0 Å². The van der Waals surface area contributed by atoms with Crippen molar-refractivity contribution in [1.29, 1.82) is 0 Å². The van der Waals surface area contributed by atoms with E-state index in [-0.39, 0.29) is 23.7 Å². The van der Waals surface area contributed by atoms with Crippen molar-refractivity contribution < 1.29 is 19.0 Å². The van der Waals surface area contributed by atoms with Gasteiger partial charge in [-0.2, -0.15) is 4.98 Å². The zero-order valence-electron chi connectivity index (χ0n) is 16.2. The van der Waals surface area contributed by atoms with Gasteiger partial charge in [-0.05, 0) is 18.2 Å². The monoisotopic (exact) mass is 430 g/mol. The van der Waals surface area contributed by atoms with Crippen molar-refractivity contribution in [2.75, 3.05) is 26.8 Å². The number of methoxy groups -OCH3 is 1. The first-order valence-electron chi connectivity index (χ1n) is 9.09. The Morgan fingerprint density at radius 2 is 2.03 bits per heavy atom. The number of carbonyl (C=O) groups is 1. The number of hydrogen-bond acceptors (Lipinski definition) is 7. The zero-order valence-corrected chi connectivity index (χ0v) is 16.9. The minimum Gasteiger partial charge on any atom is -0.383 e. The lowest BCUT2D eigenvalue weighted by Crippen LogP contribution is -2.35. The largest absolute Gasteiger partial charge is 0.383 e. The van der Waals surface area contributed by atoms with Gasteiger partial charge in [-0.3, -0.25) is 14.9 Å². The molecule has 0 N–H and O–H groups in total. The van der Waals surface area contributed by atoms with E-state index in [1.807, 2.05) is 6.07 Å². The molecule has 0 aliphatic carbocycles. The van der Waals surface area contributed by atoms with E-state index < -0.39 is 4.92 Å². The normalized spacial score (nSPS) is 10.7. The quantitative estimate of drug-likeness (QED) is 0.376. The molecule has 0 saturated heterocycles. The lowest BCUT2D eigenvalue weighted by Gasteiger charge is -2.21. The van der Waals surface area contributed by atoms with E-state index in [0.29, 0.717) is 36.3 Å². The van der Waals surface area contributed by atoms with Gasteiger partial charge in [0.2, 0.25) is 11.7 Å². The molecule has 0 aliphatic rings. The molecule has 9 nitrogen and oxygen atoms in total. The molecule has 10 heteroatoms. The van der Waals surface area contributed by atoms with Gasteiger partial charge in [0.15, 0.2) is 0 Å². The van der Waals surface area contributed by atoms with Gasteiger partial charge in [0, 0.05) is 54.9 Å². The first-order chi connectivity index (χ1) is 14.5. The van der Waals surface area contributed by atoms with Crippen LogP contribution in [0.25, 0.3) is 11.4 Å². The number of hydrogen-bond donors (Lipinski definition) is 0. The van der Waals surface area contributed by atoms with Crippen LogP contribution in [0.4, 0.5) is 5.69 Å². The van der Waals surface area contributed by atoms with E-state index in [2.05, 4.69) is 10.1 Å². The van der Waals surface area contributed by atoms with E-state index in [1.165, 1.54) is 30.2 Å². The fourth-order valence-corrected chi connectivity index (χ4v) is 2.97. The summed E-state index contributed by atoms with van der Waals surface area (Å²) in [6.45, 7) is 0.910. The summed E-state index contributed by atoms with van der Waals surface area (Å²) in [5, 5.41) is 15.5. The minimum absolute atomic E-state index is 0.143. The molecule has 1 aromatic heterocycles. The lowest BCUT2D eigenvalue weighted by atomic mass is 10.1. The summed E-state index contributed by atoms with van der Waals surface area (Å²) >= 11 is 5.99. The summed E-state index contributed by atoms with van der Waals surface area (Å²) < 4.78 is 10.4. The molecule has 0 saturated carbocycles. The molecular formula is C20H19ClN4O5. The number of aromatic nitrogens is 2. The van der Waals surface area contributed by atoms with Gasteiger partial charge < -0.3 is 14.2 Å². The Morgan fingerprint density at radius 1 is 1.23 bits per heavy atom. The van der Waals surface area contributed by atoms with E-state index in [4.69, 9.17) is 20.9 Å². The number of nitrogens with zero attached hydrogens (tertiary/aromatic N) is 4. The predicted octanol–water partition coefficient (Wildman–Crippen LogP) is 3.63. The maximum atomic E-state index is 12.9. The van der Waals surface area contributed by atoms with Gasteiger partial charge in [-0.15, -0.1) is 0 Å². The highest BCUT2D eigenvalue weighted by atomic mass is 35.5. The van der Waals surface area contributed by atoms with Crippen molar-refractivity contribution in [2.24, 2.45) is 0 Å². The van der Waals surface area contributed by atoms with E-state index in [9.17, 15) is 14.9 Å². The molecule has 0 fully saturated rings. The Bertz CT molecular complexity index is 1040. The fraction of sp³-hybridized carbons (Fsp3) is 0.250. The topological polar surface area (TPSA) is 112 Å². The summed E-state index contributed by atoms with van der Waals surface area (Å²) in [4.78, 5) is 29.2. The first kappa shape index (κ1) is 21.4. The zero-order chi connectivity index (χ0) is 21.5. The molecule has 30 heavy (non-hydrogen) atoms. The number of amides is 1. The van der Waals surface area contributed by atoms with E-state index >= 15 is 0 Å². The number of non-ortho nitro benzene ring substituents is 1. The minimum atomic E-state index is -0.536. The summed E-state index contributed by atoms with van der Waals surface area (Å²) in [5.74, 6) is 0.422. The van der Waals surface area contributed by atoms with Crippen molar-refractivity contribution in [2.45, 2.75) is 6.42 Å². The number of benzene rings is 2. The van der Waals surface area contributed by atoms with Crippen molar-refractivity contribution in [1.82, 2.24) is 15.0 Å². The van der Waals surface area contributed by atoms with Crippen LogP contribution in [0, 0.1) is 10.1 Å².